The van der Waals surface area contributed by atoms with Gasteiger partial charge >= 0.3 is 0 Å². The highest BCUT2D eigenvalue weighted by Gasteiger charge is 2.48. The lowest BCUT2D eigenvalue weighted by Crippen LogP contribution is -2.47. The summed E-state index contributed by atoms with van der Waals surface area (Å²) in [4.78, 5) is 12.0. The Morgan fingerprint density at radius 2 is 1.75 bits per heavy atom. The van der Waals surface area contributed by atoms with Crippen LogP contribution in [0.15, 0.2) is 16.9 Å². The lowest BCUT2D eigenvalue weighted by atomic mass is 9.52. The van der Waals surface area contributed by atoms with Gasteiger partial charge in [0.25, 0.3) is 5.56 Å². The van der Waals surface area contributed by atoms with Crippen LogP contribution in [0.5, 0.6) is 0 Å². The quantitative estimate of drug-likeness (QED) is 0.913. The highest BCUT2D eigenvalue weighted by Crippen LogP contribution is 2.56. The Morgan fingerprint density at radius 1 is 1.10 bits per heavy atom. The van der Waals surface area contributed by atoms with Gasteiger partial charge in [-0.25, -0.2) is 4.68 Å². The number of rotatable bonds is 3. The van der Waals surface area contributed by atoms with Crippen LogP contribution in [0, 0.1) is 29.6 Å². The number of nitrogens with zero attached hydrogens (tertiary/aromatic N) is 2. The fraction of sp³-hybridized carbons (Fsp3) is 0.750. The molecular formula is C16H23N3O. The van der Waals surface area contributed by atoms with Gasteiger partial charge in [0.1, 0.15) is 0 Å². The van der Waals surface area contributed by atoms with Crippen LogP contribution in [0.4, 0.5) is 0 Å². The first kappa shape index (κ1) is 12.6. The fourth-order valence-corrected chi connectivity index (χ4v) is 5.27. The van der Waals surface area contributed by atoms with Gasteiger partial charge in [-0.3, -0.25) is 4.79 Å². The lowest BCUT2D eigenvalue weighted by molar-refractivity contribution is -0.0448. The van der Waals surface area contributed by atoms with Crippen LogP contribution in [-0.2, 0) is 13.1 Å². The van der Waals surface area contributed by atoms with E-state index in [9.17, 15) is 4.79 Å². The molecule has 4 aliphatic carbocycles. The third-order valence-corrected chi connectivity index (χ3v) is 5.94. The van der Waals surface area contributed by atoms with Crippen LogP contribution in [0.3, 0.4) is 0 Å². The molecule has 0 atom stereocenters. The molecule has 4 bridgehead atoms. The molecule has 4 saturated carbocycles. The number of hydrogen-bond acceptors (Lipinski definition) is 3. The van der Waals surface area contributed by atoms with E-state index in [0.29, 0.717) is 12.5 Å². The second-order valence-corrected chi connectivity index (χ2v) is 7.14. The molecule has 1 aromatic rings. The van der Waals surface area contributed by atoms with Gasteiger partial charge in [-0.1, -0.05) is 0 Å². The fourth-order valence-electron chi connectivity index (χ4n) is 5.27. The van der Waals surface area contributed by atoms with Gasteiger partial charge in [-0.2, -0.15) is 5.10 Å². The summed E-state index contributed by atoms with van der Waals surface area (Å²) in [7, 11) is 0. The van der Waals surface area contributed by atoms with Crippen LogP contribution in [0.25, 0.3) is 0 Å². The zero-order chi connectivity index (χ0) is 13.7. The molecule has 0 saturated heterocycles. The minimum absolute atomic E-state index is 0.0241. The summed E-state index contributed by atoms with van der Waals surface area (Å²) in [6.45, 7) is 1.21. The standard InChI is InChI=1S/C16H23N3O/c17-8-14-1-2-16(20)19(18-14)9-15-12-4-10-3-11(6-12)7-13(15)5-10/h1-2,10-13,15H,3-9,17H2. The second kappa shape index (κ2) is 4.69. The molecule has 20 heavy (non-hydrogen) atoms. The number of aromatic nitrogens is 2. The van der Waals surface area contributed by atoms with Gasteiger partial charge in [0, 0.05) is 19.2 Å². The van der Waals surface area contributed by atoms with Gasteiger partial charge in [-0.15, -0.1) is 0 Å². The third-order valence-electron chi connectivity index (χ3n) is 5.94. The average molecular weight is 273 g/mol. The molecule has 0 amide bonds. The van der Waals surface area contributed by atoms with E-state index in [1.807, 2.05) is 0 Å². The van der Waals surface area contributed by atoms with Crippen LogP contribution in [0.1, 0.15) is 37.8 Å². The maximum Gasteiger partial charge on any atom is 0.266 e. The highest BCUT2D eigenvalue weighted by molar-refractivity contribution is 5.01. The maximum atomic E-state index is 12.0. The Morgan fingerprint density at radius 3 is 2.35 bits per heavy atom. The first-order chi connectivity index (χ1) is 9.72. The number of nitrogens with two attached hydrogens (primary N) is 1. The third kappa shape index (κ3) is 2.01. The van der Waals surface area contributed by atoms with Gasteiger partial charge < -0.3 is 5.73 Å². The predicted octanol–water partition coefficient (Wildman–Crippen LogP) is 1.77. The molecule has 4 heteroatoms. The van der Waals surface area contributed by atoms with E-state index < -0.39 is 0 Å². The van der Waals surface area contributed by atoms with Gasteiger partial charge in [-0.05, 0) is 67.8 Å². The van der Waals surface area contributed by atoms with Crippen LogP contribution < -0.4 is 11.3 Å². The van der Waals surface area contributed by atoms with Gasteiger partial charge in [0.05, 0.1) is 5.69 Å². The highest BCUT2D eigenvalue weighted by atomic mass is 16.1. The zero-order valence-electron chi connectivity index (χ0n) is 11.9. The molecule has 0 aliphatic heterocycles. The van der Waals surface area contributed by atoms with Crippen molar-refractivity contribution >= 4 is 0 Å². The van der Waals surface area contributed by atoms with Gasteiger partial charge in [0.15, 0.2) is 0 Å². The molecular weight excluding hydrogens is 250 g/mol. The van der Waals surface area contributed by atoms with Crippen molar-refractivity contribution in [2.75, 3.05) is 0 Å². The van der Waals surface area contributed by atoms with E-state index in [4.69, 9.17) is 5.73 Å². The Balaban J connectivity index is 1.59. The molecule has 1 aromatic heterocycles. The van der Waals surface area contributed by atoms with Crippen molar-refractivity contribution < 1.29 is 0 Å². The Bertz CT molecular complexity index is 537. The number of hydrogen-bond donors (Lipinski definition) is 1. The van der Waals surface area contributed by atoms with Gasteiger partial charge in [0.2, 0.25) is 0 Å². The van der Waals surface area contributed by atoms with E-state index >= 15 is 0 Å². The monoisotopic (exact) mass is 273 g/mol. The van der Waals surface area contributed by atoms with Crippen LogP contribution in [-0.4, -0.2) is 9.78 Å². The average Bonchev–Trinajstić information content (AvgIpc) is 2.44. The van der Waals surface area contributed by atoms with Crippen molar-refractivity contribution in [1.82, 2.24) is 9.78 Å². The maximum absolute atomic E-state index is 12.0. The summed E-state index contributed by atoms with van der Waals surface area (Å²) in [6.07, 6.45) is 7.04. The minimum atomic E-state index is 0.0241. The molecule has 1 heterocycles. The molecule has 108 valence electrons. The smallest absolute Gasteiger partial charge is 0.266 e. The Labute approximate surface area is 119 Å². The van der Waals surface area contributed by atoms with E-state index in [1.54, 1.807) is 16.8 Å². The van der Waals surface area contributed by atoms with Crippen molar-refractivity contribution in [2.24, 2.45) is 35.3 Å². The van der Waals surface area contributed by atoms with Crippen molar-refractivity contribution in [3.05, 3.63) is 28.2 Å². The molecule has 4 nitrogen and oxygen atoms in total. The van der Waals surface area contributed by atoms with Crippen molar-refractivity contribution in [1.29, 1.82) is 0 Å². The molecule has 4 fully saturated rings. The predicted molar refractivity (Wildman–Crippen MR) is 76.9 cm³/mol. The van der Waals surface area contributed by atoms with Crippen molar-refractivity contribution in [3.8, 4) is 0 Å². The minimum Gasteiger partial charge on any atom is -0.325 e. The molecule has 4 aliphatic rings. The Kier molecular flexibility index (Phi) is 2.95. The summed E-state index contributed by atoms with van der Waals surface area (Å²) >= 11 is 0. The second-order valence-electron chi connectivity index (χ2n) is 7.14. The summed E-state index contributed by atoms with van der Waals surface area (Å²) < 4.78 is 1.68. The lowest BCUT2D eigenvalue weighted by Gasteiger charge is -2.54. The summed E-state index contributed by atoms with van der Waals surface area (Å²) in [6, 6.07) is 3.36. The summed E-state index contributed by atoms with van der Waals surface area (Å²) in [5, 5.41) is 4.42. The largest absolute Gasteiger partial charge is 0.325 e. The molecule has 0 radical (unpaired) electrons. The van der Waals surface area contributed by atoms with Crippen LogP contribution in [0.2, 0.25) is 0 Å². The van der Waals surface area contributed by atoms with E-state index in [0.717, 1.165) is 35.9 Å². The van der Waals surface area contributed by atoms with E-state index in [1.165, 1.54) is 32.1 Å². The first-order valence-corrected chi connectivity index (χ1v) is 8.00. The van der Waals surface area contributed by atoms with E-state index in [-0.39, 0.29) is 5.56 Å². The first-order valence-electron chi connectivity index (χ1n) is 8.00. The van der Waals surface area contributed by atoms with E-state index in [2.05, 4.69) is 5.10 Å². The zero-order valence-corrected chi connectivity index (χ0v) is 11.9. The van der Waals surface area contributed by atoms with Crippen molar-refractivity contribution in [3.63, 3.8) is 0 Å². The molecule has 0 aromatic carbocycles. The molecule has 2 N–H and O–H groups in total. The van der Waals surface area contributed by atoms with Crippen molar-refractivity contribution in [2.45, 2.75) is 45.2 Å². The molecule has 0 unspecified atom stereocenters. The Hall–Kier alpha value is -1.16. The normalized spacial score (nSPS) is 38.4. The summed E-state index contributed by atoms with van der Waals surface area (Å²) in [5.74, 6) is 4.30. The SMILES string of the molecule is NCc1ccc(=O)n(CC2C3CC4CC(C3)CC2C4)n1. The summed E-state index contributed by atoms with van der Waals surface area (Å²) in [5.41, 5.74) is 6.48. The molecule has 5 rings (SSSR count). The van der Waals surface area contributed by atoms with Crippen LogP contribution >= 0.6 is 0 Å². The topological polar surface area (TPSA) is 60.9 Å². The molecule has 0 spiro atoms.